The van der Waals surface area contributed by atoms with Crippen molar-refractivity contribution in [1.29, 1.82) is 0 Å². The summed E-state index contributed by atoms with van der Waals surface area (Å²) in [4.78, 5) is 15.8. The Balaban J connectivity index is 1.56. The Morgan fingerprint density at radius 1 is 1.28 bits per heavy atom. The molecule has 29 heavy (non-hydrogen) atoms. The molecule has 0 unspecified atom stereocenters. The van der Waals surface area contributed by atoms with E-state index in [2.05, 4.69) is 18.7 Å². The molecular formula is C25H35NO3. The molecule has 0 spiro atoms. The van der Waals surface area contributed by atoms with Gasteiger partial charge in [-0.15, -0.1) is 0 Å². The lowest BCUT2D eigenvalue weighted by molar-refractivity contribution is -0.182. The molecule has 3 fully saturated rings. The van der Waals surface area contributed by atoms with Gasteiger partial charge in [0.25, 0.3) is 0 Å². The van der Waals surface area contributed by atoms with Crippen LogP contribution in [0, 0.1) is 17.8 Å². The fraction of sp³-hybridized carbons (Fsp3) is 0.720. The number of fused-ring (bicyclic) bond motifs is 1. The fourth-order valence-corrected chi connectivity index (χ4v) is 6.64. The summed E-state index contributed by atoms with van der Waals surface area (Å²) in [5, 5.41) is 22.6. The maximum Gasteiger partial charge on any atom is 0.137 e. The van der Waals surface area contributed by atoms with Crippen molar-refractivity contribution in [1.82, 2.24) is 4.90 Å². The third-order valence-corrected chi connectivity index (χ3v) is 8.44. The highest BCUT2D eigenvalue weighted by Gasteiger charge is 2.66. The van der Waals surface area contributed by atoms with E-state index >= 15 is 0 Å². The van der Waals surface area contributed by atoms with Gasteiger partial charge in [0.1, 0.15) is 11.5 Å². The van der Waals surface area contributed by atoms with Crippen molar-refractivity contribution in [3.63, 3.8) is 0 Å². The summed E-state index contributed by atoms with van der Waals surface area (Å²) >= 11 is 0. The number of hydrogen-bond donors (Lipinski definition) is 2. The minimum Gasteiger partial charge on any atom is -0.508 e. The molecule has 2 N–H and O–H groups in total. The molecule has 4 aliphatic rings. The number of ketones is 1. The Bertz CT molecular complexity index is 816. The highest BCUT2D eigenvalue weighted by atomic mass is 16.3. The van der Waals surface area contributed by atoms with Crippen LogP contribution in [-0.2, 0) is 16.6 Å². The van der Waals surface area contributed by atoms with Crippen LogP contribution in [0.2, 0.25) is 0 Å². The summed E-state index contributed by atoms with van der Waals surface area (Å²) in [5.41, 5.74) is 0.843. The molecule has 1 saturated heterocycles. The van der Waals surface area contributed by atoms with Crippen LogP contribution in [0.15, 0.2) is 18.2 Å². The number of rotatable bonds is 5. The predicted molar refractivity (Wildman–Crippen MR) is 113 cm³/mol. The van der Waals surface area contributed by atoms with E-state index in [-0.39, 0.29) is 17.7 Å². The molecule has 4 heteroatoms. The van der Waals surface area contributed by atoms with Gasteiger partial charge in [-0.3, -0.25) is 9.69 Å². The van der Waals surface area contributed by atoms with E-state index in [0.717, 1.165) is 50.3 Å². The largest absolute Gasteiger partial charge is 0.508 e. The van der Waals surface area contributed by atoms with Gasteiger partial charge in [0.15, 0.2) is 0 Å². The number of Topliss-reactive ketones (excluding diaryl/α,β-unsaturated/α-hetero) is 1. The normalized spacial score (nSPS) is 36.8. The average molecular weight is 398 g/mol. The van der Waals surface area contributed by atoms with Gasteiger partial charge in [-0.25, -0.2) is 0 Å². The zero-order valence-corrected chi connectivity index (χ0v) is 17.9. The second kappa shape index (κ2) is 6.81. The van der Waals surface area contributed by atoms with Crippen LogP contribution in [0.5, 0.6) is 5.75 Å². The van der Waals surface area contributed by atoms with Crippen molar-refractivity contribution in [2.45, 2.75) is 82.3 Å². The SMILES string of the molecule is CC(C)CC[C@H]1C[C@@]2(O)[C@H]3Cc4ccc(O)cc4[C@@]2(CCN3CC2CC2)CC1=O. The molecule has 0 radical (unpaired) electrons. The lowest BCUT2D eigenvalue weighted by Crippen LogP contribution is -2.74. The molecule has 4 nitrogen and oxygen atoms in total. The van der Waals surface area contributed by atoms with Gasteiger partial charge < -0.3 is 10.2 Å². The van der Waals surface area contributed by atoms with Crippen LogP contribution in [0.3, 0.4) is 0 Å². The van der Waals surface area contributed by atoms with Gasteiger partial charge >= 0.3 is 0 Å². The molecule has 4 atom stereocenters. The van der Waals surface area contributed by atoms with E-state index in [1.807, 2.05) is 12.1 Å². The number of phenols is 1. The number of phenolic OH excluding ortho intramolecular Hbond substituents is 1. The Morgan fingerprint density at radius 3 is 2.79 bits per heavy atom. The lowest BCUT2D eigenvalue weighted by atomic mass is 9.47. The Labute approximate surface area is 174 Å². The molecule has 2 saturated carbocycles. The van der Waals surface area contributed by atoms with Gasteiger partial charge in [0, 0.05) is 30.3 Å². The summed E-state index contributed by atoms with van der Waals surface area (Å²) in [6.07, 6.45) is 7.19. The van der Waals surface area contributed by atoms with Crippen LogP contribution in [0.4, 0.5) is 0 Å². The molecule has 158 valence electrons. The van der Waals surface area contributed by atoms with E-state index in [9.17, 15) is 15.0 Å². The van der Waals surface area contributed by atoms with Gasteiger partial charge in [-0.1, -0.05) is 26.3 Å². The average Bonchev–Trinajstić information content (AvgIpc) is 3.47. The minimum absolute atomic E-state index is 0.0299. The summed E-state index contributed by atoms with van der Waals surface area (Å²) in [6.45, 7) is 6.44. The third kappa shape index (κ3) is 3.06. The number of carbonyl (C=O) groups is 1. The first-order chi connectivity index (χ1) is 13.8. The summed E-state index contributed by atoms with van der Waals surface area (Å²) in [6, 6.07) is 5.71. The molecule has 0 amide bonds. The van der Waals surface area contributed by atoms with E-state index in [1.54, 1.807) is 6.07 Å². The predicted octanol–water partition coefficient (Wildman–Crippen LogP) is 3.82. The van der Waals surface area contributed by atoms with Crippen molar-refractivity contribution < 1.29 is 15.0 Å². The smallest absolute Gasteiger partial charge is 0.137 e. The van der Waals surface area contributed by atoms with Crippen molar-refractivity contribution >= 4 is 5.78 Å². The van der Waals surface area contributed by atoms with Gasteiger partial charge in [0.05, 0.1) is 5.60 Å². The number of carbonyl (C=O) groups excluding carboxylic acids is 1. The van der Waals surface area contributed by atoms with E-state index in [0.29, 0.717) is 24.5 Å². The molecule has 1 aliphatic heterocycles. The number of aliphatic hydroxyl groups is 1. The molecule has 1 heterocycles. The Kier molecular flexibility index (Phi) is 4.60. The zero-order chi connectivity index (χ0) is 20.4. The topological polar surface area (TPSA) is 60.8 Å². The van der Waals surface area contributed by atoms with Crippen molar-refractivity contribution in [3.8, 4) is 5.75 Å². The monoisotopic (exact) mass is 397 g/mol. The molecule has 2 bridgehead atoms. The number of benzene rings is 1. The van der Waals surface area contributed by atoms with Crippen LogP contribution in [0.1, 0.15) is 69.9 Å². The molecule has 0 aromatic heterocycles. The van der Waals surface area contributed by atoms with Gasteiger partial charge in [0.2, 0.25) is 0 Å². The van der Waals surface area contributed by atoms with Gasteiger partial charge in [-0.2, -0.15) is 0 Å². The Morgan fingerprint density at radius 2 is 2.07 bits per heavy atom. The lowest BCUT2D eigenvalue weighted by Gasteiger charge is -2.64. The number of hydrogen-bond acceptors (Lipinski definition) is 4. The minimum atomic E-state index is -0.878. The maximum atomic E-state index is 13.3. The third-order valence-electron chi connectivity index (χ3n) is 8.44. The first kappa shape index (κ1) is 19.6. The van der Waals surface area contributed by atoms with E-state index in [4.69, 9.17) is 0 Å². The maximum absolute atomic E-state index is 13.3. The quantitative estimate of drug-likeness (QED) is 0.793. The number of likely N-dealkylation sites (tertiary alicyclic amines) is 1. The van der Waals surface area contributed by atoms with Gasteiger partial charge in [-0.05, 0) is 80.2 Å². The number of piperidine rings is 1. The standard InChI is InChI=1S/C25H35NO3/c1-16(2)3-6-19-13-25(29)23-11-18-7-8-20(27)12-21(18)24(25,14-22(19)28)9-10-26(23)15-17-4-5-17/h7-8,12,16-17,19,23,27,29H,3-6,9-11,13-15H2,1-2H3/t19-,23+,24+,25+/m0/s1. The molecule has 3 aliphatic carbocycles. The van der Waals surface area contributed by atoms with Crippen LogP contribution >= 0.6 is 0 Å². The first-order valence-corrected chi connectivity index (χ1v) is 11.6. The number of nitrogens with zero attached hydrogens (tertiary/aromatic N) is 1. The van der Waals surface area contributed by atoms with E-state index < -0.39 is 11.0 Å². The van der Waals surface area contributed by atoms with Crippen LogP contribution < -0.4 is 0 Å². The molecular weight excluding hydrogens is 362 g/mol. The molecule has 1 aromatic carbocycles. The highest BCUT2D eigenvalue weighted by Crippen LogP contribution is 2.59. The Hall–Kier alpha value is -1.39. The fourth-order valence-electron chi connectivity index (χ4n) is 6.64. The van der Waals surface area contributed by atoms with Crippen molar-refractivity contribution in [2.24, 2.45) is 17.8 Å². The summed E-state index contributed by atoms with van der Waals surface area (Å²) in [5.74, 6) is 1.89. The highest BCUT2D eigenvalue weighted by molar-refractivity contribution is 5.85. The van der Waals surface area contributed by atoms with E-state index in [1.165, 1.54) is 18.4 Å². The summed E-state index contributed by atoms with van der Waals surface area (Å²) < 4.78 is 0. The molecule has 5 rings (SSSR count). The van der Waals surface area contributed by atoms with Crippen LogP contribution in [-0.4, -0.2) is 45.6 Å². The van der Waals surface area contributed by atoms with Crippen molar-refractivity contribution in [3.05, 3.63) is 29.3 Å². The van der Waals surface area contributed by atoms with Crippen molar-refractivity contribution in [2.75, 3.05) is 13.1 Å². The van der Waals surface area contributed by atoms with Crippen LogP contribution in [0.25, 0.3) is 0 Å². The molecule has 1 aromatic rings. The number of aromatic hydroxyl groups is 1. The first-order valence-electron chi connectivity index (χ1n) is 11.6. The second-order valence-electron chi connectivity index (χ2n) is 10.8. The zero-order valence-electron chi connectivity index (χ0n) is 17.9. The summed E-state index contributed by atoms with van der Waals surface area (Å²) in [7, 11) is 0. The second-order valence-corrected chi connectivity index (χ2v) is 10.8.